The molecule has 0 aromatic carbocycles. The number of likely N-dealkylation sites (tertiary alicyclic amines) is 1. The zero-order valence-corrected chi connectivity index (χ0v) is 14.0. The Hall–Kier alpha value is -0.770. The summed E-state index contributed by atoms with van der Waals surface area (Å²) >= 11 is 0. The number of rotatable bonds is 5. The van der Waals surface area contributed by atoms with Crippen molar-refractivity contribution in [2.45, 2.75) is 66.0 Å². The molecule has 1 fully saturated rings. The average molecular weight is 284 g/mol. The molecule has 118 valence electrons. The van der Waals surface area contributed by atoms with Crippen LogP contribution in [0, 0.1) is 11.8 Å². The van der Waals surface area contributed by atoms with Gasteiger partial charge in [0.1, 0.15) is 5.60 Å². The van der Waals surface area contributed by atoms with Crippen LogP contribution in [-0.4, -0.2) is 42.3 Å². The van der Waals surface area contributed by atoms with Gasteiger partial charge >= 0.3 is 6.09 Å². The summed E-state index contributed by atoms with van der Waals surface area (Å²) in [5.74, 6) is 1.42. The van der Waals surface area contributed by atoms with Gasteiger partial charge in [0.05, 0.1) is 0 Å². The van der Waals surface area contributed by atoms with E-state index >= 15 is 0 Å². The largest absolute Gasteiger partial charge is 0.444 e. The van der Waals surface area contributed by atoms with Gasteiger partial charge in [-0.15, -0.1) is 0 Å². The Morgan fingerprint density at radius 2 is 2.00 bits per heavy atom. The highest BCUT2D eigenvalue weighted by Crippen LogP contribution is 2.22. The maximum atomic E-state index is 11.7. The predicted molar refractivity (Wildman–Crippen MR) is 82.8 cm³/mol. The molecule has 0 aromatic rings. The van der Waals surface area contributed by atoms with E-state index in [9.17, 15) is 4.79 Å². The summed E-state index contributed by atoms with van der Waals surface area (Å²) in [5.41, 5.74) is -0.425. The molecule has 1 N–H and O–H groups in total. The topological polar surface area (TPSA) is 41.6 Å². The van der Waals surface area contributed by atoms with E-state index in [2.05, 4.69) is 31.0 Å². The van der Waals surface area contributed by atoms with Gasteiger partial charge in [0, 0.05) is 19.1 Å². The smallest absolute Gasteiger partial charge is 0.407 e. The molecule has 1 aliphatic heterocycles. The summed E-state index contributed by atoms with van der Waals surface area (Å²) in [4.78, 5) is 14.2. The summed E-state index contributed by atoms with van der Waals surface area (Å²) in [5, 5.41) is 2.94. The average Bonchev–Trinajstić information content (AvgIpc) is 2.60. The Morgan fingerprint density at radius 1 is 1.35 bits per heavy atom. The Balaban J connectivity index is 2.26. The molecule has 0 aromatic heterocycles. The standard InChI is InChI=1S/C16H32N2O2/c1-12(2)10-18-8-7-14(11-18)9-13(3)17-15(19)20-16(4,5)6/h12-14H,7-11H2,1-6H3,(H,17,19). The fraction of sp³-hybridized carbons (Fsp3) is 0.938. The van der Waals surface area contributed by atoms with Gasteiger partial charge in [-0.25, -0.2) is 4.79 Å². The zero-order valence-electron chi connectivity index (χ0n) is 14.0. The lowest BCUT2D eigenvalue weighted by molar-refractivity contribution is 0.0502. The minimum absolute atomic E-state index is 0.175. The lowest BCUT2D eigenvalue weighted by Crippen LogP contribution is -2.38. The number of hydrogen-bond donors (Lipinski definition) is 1. The Bertz CT molecular complexity index is 310. The van der Waals surface area contributed by atoms with Crippen LogP contribution in [0.15, 0.2) is 0 Å². The monoisotopic (exact) mass is 284 g/mol. The molecular weight excluding hydrogens is 252 g/mol. The van der Waals surface area contributed by atoms with Gasteiger partial charge in [-0.2, -0.15) is 0 Å². The molecule has 2 atom stereocenters. The first-order valence-electron chi connectivity index (χ1n) is 7.87. The summed E-state index contributed by atoms with van der Waals surface area (Å²) in [6, 6.07) is 0.175. The number of ether oxygens (including phenoxy) is 1. The Labute approximate surface area is 124 Å². The van der Waals surface area contributed by atoms with Crippen LogP contribution < -0.4 is 5.32 Å². The highest BCUT2D eigenvalue weighted by Gasteiger charge is 2.25. The van der Waals surface area contributed by atoms with Gasteiger partial charge < -0.3 is 15.0 Å². The van der Waals surface area contributed by atoms with E-state index in [1.54, 1.807) is 0 Å². The molecule has 1 aliphatic rings. The Kier molecular flexibility index (Phi) is 6.31. The minimum atomic E-state index is -0.425. The second-order valence-corrected chi connectivity index (χ2v) is 7.59. The van der Waals surface area contributed by atoms with E-state index in [-0.39, 0.29) is 12.1 Å². The molecule has 1 rings (SSSR count). The quantitative estimate of drug-likeness (QED) is 0.842. The van der Waals surface area contributed by atoms with Crippen molar-refractivity contribution in [3.8, 4) is 0 Å². The maximum absolute atomic E-state index is 11.7. The summed E-state index contributed by atoms with van der Waals surface area (Å²) < 4.78 is 5.29. The molecule has 0 bridgehead atoms. The summed E-state index contributed by atoms with van der Waals surface area (Å²) in [7, 11) is 0. The van der Waals surface area contributed by atoms with Crippen molar-refractivity contribution in [1.29, 1.82) is 0 Å². The number of nitrogens with one attached hydrogen (secondary N) is 1. The summed E-state index contributed by atoms with van der Waals surface area (Å²) in [6.45, 7) is 15.8. The van der Waals surface area contributed by atoms with Crippen LogP contribution in [0.5, 0.6) is 0 Å². The molecule has 1 heterocycles. The second kappa shape index (κ2) is 7.30. The van der Waals surface area contributed by atoms with Crippen LogP contribution in [0.3, 0.4) is 0 Å². The molecule has 0 radical (unpaired) electrons. The third-order valence-electron chi connectivity index (χ3n) is 3.44. The number of hydrogen-bond acceptors (Lipinski definition) is 3. The fourth-order valence-corrected chi connectivity index (χ4v) is 2.86. The molecule has 1 amide bonds. The molecule has 2 unspecified atom stereocenters. The van der Waals surface area contributed by atoms with Crippen LogP contribution in [-0.2, 0) is 4.74 Å². The number of carbonyl (C=O) groups is 1. The van der Waals surface area contributed by atoms with Crippen LogP contribution in [0.4, 0.5) is 4.79 Å². The highest BCUT2D eigenvalue weighted by atomic mass is 16.6. The van der Waals surface area contributed by atoms with Crippen molar-refractivity contribution in [2.24, 2.45) is 11.8 Å². The first-order chi connectivity index (χ1) is 9.15. The number of amides is 1. The molecule has 4 heteroatoms. The molecule has 0 aliphatic carbocycles. The highest BCUT2D eigenvalue weighted by molar-refractivity contribution is 5.68. The maximum Gasteiger partial charge on any atom is 0.407 e. The van der Waals surface area contributed by atoms with Gasteiger partial charge in [0.2, 0.25) is 0 Å². The van der Waals surface area contributed by atoms with Crippen molar-refractivity contribution in [2.75, 3.05) is 19.6 Å². The normalized spacial score (nSPS) is 22.1. The van der Waals surface area contributed by atoms with Crippen molar-refractivity contribution in [1.82, 2.24) is 10.2 Å². The van der Waals surface area contributed by atoms with E-state index in [0.29, 0.717) is 5.92 Å². The van der Waals surface area contributed by atoms with Crippen molar-refractivity contribution < 1.29 is 9.53 Å². The SMILES string of the molecule is CC(C)CN1CCC(CC(C)NC(=O)OC(C)(C)C)C1. The van der Waals surface area contributed by atoms with Crippen molar-refractivity contribution in [3.63, 3.8) is 0 Å². The van der Waals surface area contributed by atoms with Crippen molar-refractivity contribution >= 4 is 6.09 Å². The molecule has 1 saturated heterocycles. The number of carbonyl (C=O) groups excluding carboxylic acids is 1. The van der Waals surface area contributed by atoms with Crippen LogP contribution in [0.25, 0.3) is 0 Å². The lowest BCUT2D eigenvalue weighted by Gasteiger charge is -2.23. The van der Waals surface area contributed by atoms with E-state index in [0.717, 1.165) is 12.3 Å². The lowest BCUT2D eigenvalue weighted by atomic mass is 10.0. The zero-order chi connectivity index (χ0) is 15.3. The Morgan fingerprint density at radius 3 is 2.55 bits per heavy atom. The van der Waals surface area contributed by atoms with Gasteiger partial charge in [-0.05, 0) is 58.9 Å². The van der Waals surface area contributed by atoms with E-state index in [1.807, 2.05) is 20.8 Å². The molecule has 0 spiro atoms. The van der Waals surface area contributed by atoms with Gasteiger partial charge in [0.15, 0.2) is 0 Å². The van der Waals surface area contributed by atoms with E-state index < -0.39 is 5.60 Å². The van der Waals surface area contributed by atoms with Gasteiger partial charge in [-0.3, -0.25) is 0 Å². The van der Waals surface area contributed by atoms with E-state index in [4.69, 9.17) is 4.74 Å². The van der Waals surface area contributed by atoms with Crippen LogP contribution >= 0.6 is 0 Å². The first kappa shape index (κ1) is 17.3. The molecule has 4 nitrogen and oxygen atoms in total. The van der Waals surface area contributed by atoms with Gasteiger partial charge in [-0.1, -0.05) is 13.8 Å². The van der Waals surface area contributed by atoms with Gasteiger partial charge in [0.25, 0.3) is 0 Å². The number of alkyl carbamates (subject to hydrolysis) is 1. The second-order valence-electron chi connectivity index (χ2n) is 7.59. The molecule has 0 saturated carbocycles. The fourth-order valence-electron chi connectivity index (χ4n) is 2.86. The third kappa shape index (κ3) is 7.13. The molecular formula is C16H32N2O2. The minimum Gasteiger partial charge on any atom is -0.444 e. The van der Waals surface area contributed by atoms with Crippen LogP contribution in [0.1, 0.15) is 54.4 Å². The van der Waals surface area contributed by atoms with Crippen molar-refractivity contribution in [3.05, 3.63) is 0 Å². The predicted octanol–water partition coefficient (Wildman–Crippen LogP) is 3.27. The first-order valence-corrected chi connectivity index (χ1v) is 7.87. The third-order valence-corrected chi connectivity index (χ3v) is 3.44. The summed E-state index contributed by atoms with van der Waals surface area (Å²) in [6.07, 6.45) is 1.97. The molecule has 20 heavy (non-hydrogen) atoms. The van der Waals surface area contributed by atoms with E-state index in [1.165, 1.54) is 26.1 Å². The van der Waals surface area contributed by atoms with Crippen LogP contribution in [0.2, 0.25) is 0 Å². The number of nitrogens with zero attached hydrogens (tertiary/aromatic N) is 1.